The van der Waals surface area contributed by atoms with Crippen LogP contribution in [0.4, 0.5) is 0 Å². The van der Waals surface area contributed by atoms with Crippen molar-refractivity contribution in [2.75, 3.05) is 0 Å². The second-order valence-corrected chi connectivity index (χ2v) is 16.5. The van der Waals surface area contributed by atoms with Gasteiger partial charge in [0.05, 0.1) is 11.6 Å². The Labute approximate surface area is 362 Å². The van der Waals surface area contributed by atoms with Gasteiger partial charge in [0.15, 0.2) is 17.5 Å². The highest BCUT2D eigenvalue weighted by atomic mass is 15.0. The van der Waals surface area contributed by atoms with Crippen molar-refractivity contribution < 1.29 is 0 Å². The smallest absolute Gasteiger partial charge is 0.164 e. The second kappa shape index (κ2) is 15.7. The van der Waals surface area contributed by atoms with Gasteiger partial charge in [-0.1, -0.05) is 153 Å². The van der Waals surface area contributed by atoms with Crippen molar-refractivity contribution in [2.24, 2.45) is 0 Å². The molecule has 0 radical (unpaired) electrons. The molecule has 1 saturated carbocycles. The number of aromatic nitrogens is 4. The number of rotatable bonds is 7. The van der Waals surface area contributed by atoms with Crippen LogP contribution in [0.25, 0.3) is 89.8 Å². The zero-order valence-corrected chi connectivity index (χ0v) is 34.2. The first-order valence-corrected chi connectivity index (χ1v) is 21.5. The maximum Gasteiger partial charge on any atom is 0.164 e. The van der Waals surface area contributed by atoms with Gasteiger partial charge >= 0.3 is 0 Å². The lowest BCUT2D eigenvalue weighted by Crippen LogP contribution is -2.28. The molecule has 7 aromatic carbocycles. The van der Waals surface area contributed by atoms with Crippen LogP contribution in [0.1, 0.15) is 48.8 Å². The molecule has 0 unspecified atom stereocenters. The maximum absolute atomic E-state index is 9.79. The molecular formula is C57H41N5. The highest BCUT2D eigenvalue weighted by molar-refractivity contribution is 5.86. The first kappa shape index (κ1) is 37.2. The number of nitrogens with zero attached hydrogens (tertiary/aromatic N) is 5. The summed E-state index contributed by atoms with van der Waals surface area (Å²) in [5, 5.41) is 9.79. The molecule has 0 N–H and O–H groups in total. The van der Waals surface area contributed by atoms with Crippen LogP contribution in [0.2, 0.25) is 0 Å². The Balaban J connectivity index is 0.922. The fourth-order valence-electron chi connectivity index (χ4n) is 9.73. The summed E-state index contributed by atoms with van der Waals surface area (Å²) in [4.78, 5) is 19.3. The molecule has 5 heteroatoms. The van der Waals surface area contributed by atoms with Gasteiger partial charge in [-0.2, -0.15) is 5.26 Å². The predicted octanol–water partition coefficient (Wildman–Crippen LogP) is 14.0. The monoisotopic (exact) mass is 795 g/mol. The van der Waals surface area contributed by atoms with E-state index in [2.05, 4.69) is 145 Å². The summed E-state index contributed by atoms with van der Waals surface area (Å²) >= 11 is 0. The lowest BCUT2D eigenvalue weighted by molar-refractivity contribution is 0.353. The second-order valence-electron chi connectivity index (χ2n) is 16.5. The molecule has 9 aromatic rings. The summed E-state index contributed by atoms with van der Waals surface area (Å²) in [5.74, 6) is 1.87. The molecule has 62 heavy (non-hydrogen) atoms. The van der Waals surface area contributed by atoms with Gasteiger partial charge in [0.25, 0.3) is 0 Å². The normalized spacial score (nSPS) is 13.6. The number of nitriles is 1. The average molecular weight is 796 g/mol. The Hall–Kier alpha value is -7.81. The first-order chi connectivity index (χ1) is 30.6. The van der Waals surface area contributed by atoms with Crippen molar-refractivity contribution in [3.05, 3.63) is 205 Å². The van der Waals surface area contributed by atoms with Crippen LogP contribution in [0.3, 0.4) is 0 Å². The molecule has 2 aliphatic rings. The van der Waals surface area contributed by atoms with E-state index >= 15 is 0 Å². The molecule has 11 rings (SSSR count). The van der Waals surface area contributed by atoms with E-state index in [0.29, 0.717) is 17.5 Å². The minimum absolute atomic E-state index is 0.0233. The topological polar surface area (TPSA) is 75.3 Å². The van der Waals surface area contributed by atoms with Gasteiger partial charge < -0.3 is 0 Å². The third-order valence-corrected chi connectivity index (χ3v) is 12.8. The van der Waals surface area contributed by atoms with Gasteiger partial charge in [-0.3, -0.25) is 4.98 Å². The number of hydrogen-bond donors (Lipinski definition) is 0. The molecule has 2 aliphatic carbocycles. The Morgan fingerprint density at radius 1 is 0.387 bits per heavy atom. The predicted molar refractivity (Wildman–Crippen MR) is 250 cm³/mol. The van der Waals surface area contributed by atoms with Gasteiger partial charge in [-0.25, -0.2) is 15.0 Å². The van der Waals surface area contributed by atoms with E-state index in [0.717, 1.165) is 62.9 Å². The fraction of sp³-hybridized carbons (Fsp3) is 0.105. The van der Waals surface area contributed by atoms with Crippen molar-refractivity contribution in [3.8, 4) is 95.9 Å². The summed E-state index contributed by atoms with van der Waals surface area (Å²) in [5.41, 5.74) is 18.0. The molecule has 1 spiro atoms. The minimum Gasteiger partial charge on any atom is -0.264 e. The van der Waals surface area contributed by atoms with E-state index < -0.39 is 0 Å². The molecule has 2 heterocycles. The van der Waals surface area contributed by atoms with Gasteiger partial charge in [-0.15, -0.1) is 0 Å². The lowest BCUT2D eigenvalue weighted by Gasteiger charge is -2.36. The van der Waals surface area contributed by atoms with E-state index in [1.54, 1.807) is 6.20 Å². The largest absolute Gasteiger partial charge is 0.264 e. The van der Waals surface area contributed by atoms with Crippen molar-refractivity contribution in [3.63, 3.8) is 0 Å². The standard InChI is InChI=1S/C57H41N5/c58-36-38-20-26-50-51-27-25-47(35-53(51)57(52(50)31-38)28-5-2-6-29-57)45-16-8-14-43(33-45)42-13-7-15-44(32-42)46-17-9-18-48(34-46)56-61-54(40-11-3-1-4-12-40)60-55(62-56)41-23-21-39(22-24-41)49-19-10-30-59-37-49/h1,3-4,7-27,30-35,37H,2,5-6,28-29H2. The van der Waals surface area contributed by atoms with Gasteiger partial charge in [0.2, 0.25) is 0 Å². The van der Waals surface area contributed by atoms with Crippen LogP contribution >= 0.6 is 0 Å². The molecule has 5 nitrogen and oxygen atoms in total. The van der Waals surface area contributed by atoms with Crippen LogP contribution in [0.15, 0.2) is 188 Å². The van der Waals surface area contributed by atoms with E-state index in [1.807, 2.05) is 48.7 Å². The number of benzene rings is 7. The molecule has 294 valence electrons. The third kappa shape index (κ3) is 6.76. The van der Waals surface area contributed by atoms with Crippen LogP contribution in [0, 0.1) is 11.3 Å². The number of hydrogen-bond acceptors (Lipinski definition) is 5. The fourth-order valence-corrected chi connectivity index (χ4v) is 9.73. The molecule has 0 atom stereocenters. The van der Waals surface area contributed by atoms with Crippen LogP contribution in [-0.4, -0.2) is 19.9 Å². The van der Waals surface area contributed by atoms with E-state index in [-0.39, 0.29) is 5.41 Å². The minimum atomic E-state index is -0.0233. The summed E-state index contributed by atoms with van der Waals surface area (Å²) in [6.45, 7) is 0. The SMILES string of the molecule is N#Cc1ccc2c(c1)C1(CCCCC1)c1cc(-c3cccc(-c4cccc(-c5cccc(-c6nc(-c7ccccc7)nc(-c7ccc(-c8cccnc8)cc7)n6)c5)c4)c3)ccc1-2. The molecule has 2 aromatic heterocycles. The molecule has 0 saturated heterocycles. The summed E-state index contributed by atoms with van der Waals surface area (Å²) in [6.07, 6.45) is 9.61. The maximum atomic E-state index is 9.79. The zero-order chi connectivity index (χ0) is 41.5. The molecule has 1 fully saturated rings. The Kier molecular flexibility index (Phi) is 9.40. The average Bonchev–Trinajstić information content (AvgIpc) is 3.61. The van der Waals surface area contributed by atoms with Crippen molar-refractivity contribution in [1.82, 2.24) is 19.9 Å². The van der Waals surface area contributed by atoms with Crippen LogP contribution in [-0.2, 0) is 5.41 Å². The zero-order valence-electron chi connectivity index (χ0n) is 34.2. The summed E-state index contributed by atoms with van der Waals surface area (Å²) in [6, 6.07) is 64.3. The molecule has 0 amide bonds. The number of fused-ring (bicyclic) bond motifs is 5. The van der Waals surface area contributed by atoms with Crippen molar-refractivity contribution in [1.29, 1.82) is 5.26 Å². The van der Waals surface area contributed by atoms with E-state index in [1.165, 1.54) is 58.2 Å². The van der Waals surface area contributed by atoms with Gasteiger partial charge in [0, 0.05) is 34.5 Å². The van der Waals surface area contributed by atoms with Gasteiger partial charge in [0.1, 0.15) is 0 Å². The van der Waals surface area contributed by atoms with Crippen molar-refractivity contribution >= 4 is 0 Å². The highest BCUT2D eigenvalue weighted by Crippen LogP contribution is 2.56. The number of pyridine rings is 1. The molecule has 0 bridgehead atoms. The quantitative estimate of drug-likeness (QED) is 0.161. The Bertz CT molecular complexity index is 3160. The van der Waals surface area contributed by atoms with Crippen LogP contribution in [0.5, 0.6) is 0 Å². The van der Waals surface area contributed by atoms with Gasteiger partial charge in [-0.05, 0) is 122 Å². The highest BCUT2D eigenvalue weighted by Gasteiger charge is 2.44. The summed E-state index contributed by atoms with van der Waals surface area (Å²) in [7, 11) is 0. The lowest BCUT2D eigenvalue weighted by atomic mass is 9.67. The van der Waals surface area contributed by atoms with E-state index in [4.69, 9.17) is 15.0 Å². The Morgan fingerprint density at radius 2 is 0.855 bits per heavy atom. The molecule has 0 aliphatic heterocycles. The Morgan fingerprint density at radius 3 is 1.45 bits per heavy atom. The van der Waals surface area contributed by atoms with Crippen molar-refractivity contribution in [2.45, 2.75) is 37.5 Å². The molecular weight excluding hydrogens is 755 g/mol. The summed E-state index contributed by atoms with van der Waals surface area (Å²) < 4.78 is 0. The third-order valence-electron chi connectivity index (χ3n) is 12.8. The van der Waals surface area contributed by atoms with Crippen LogP contribution < -0.4 is 0 Å². The van der Waals surface area contributed by atoms with E-state index in [9.17, 15) is 5.26 Å². The first-order valence-electron chi connectivity index (χ1n) is 21.5.